The van der Waals surface area contributed by atoms with E-state index < -0.39 is 0 Å². The first-order valence-electron chi connectivity index (χ1n) is 4.45. The molecule has 1 heterocycles. The zero-order chi connectivity index (χ0) is 10.6. The van der Waals surface area contributed by atoms with E-state index >= 15 is 0 Å². The van der Waals surface area contributed by atoms with E-state index in [2.05, 4.69) is 15.5 Å². The number of nitrogens with zero attached hydrogens (tertiary/aromatic N) is 1. The number of anilines is 1. The van der Waals surface area contributed by atoms with Crippen molar-refractivity contribution >= 4 is 11.7 Å². The lowest BCUT2D eigenvalue weighted by Crippen LogP contribution is -2.14. The number of ether oxygens (including phenoxy) is 1. The molecule has 78 valence electrons. The van der Waals surface area contributed by atoms with Crippen LogP contribution in [0.25, 0.3) is 0 Å². The highest BCUT2D eigenvalue weighted by molar-refractivity contribution is 5.90. The average molecular weight is 197 g/mol. The van der Waals surface area contributed by atoms with Crippen LogP contribution in [0, 0.1) is 13.8 Å². The van der Waals surface area contributed by atoms with Gasteiger partial charge < -0.3 is 10.1 Å². The molecule has 2 N–H and O–H groups in total. The van der Waals surface area contributed by atoms with Crippen molar-refractivity contribution in [2.75, 3.05) is 19.0 Å². The summed E-state index contributed by atoms with van der Waals surface area (Å²) < 4.78 is 4.80. The van der Waals surface area contributed by atoms with Crippen molar-refractivity contribution in [1.29, 1.82) is 0 Å². The number of aryl methyl sites for hydroxylation is 1. The highest BCUT2D eigenvalue weighted by Gasteiger charge is 2.08. The molecule has 0 aromatic carbocycles. The fourth-order valence-corrected chi connectivity index (χ4v) is 0.996. The number of amides is 1. The molecule has 0 saturated heterocycles. The van der Waals surface area contributed by atoms with Crippen LogP contribution < -0.4 is 5.32 Å². The van der Waals surface area contributed by atoms with Crippen molar-refractivity contribution in [3.05, 3.63) is 11.3 Å². The molecule has 0 aliphatic heterocycles. The lowest BCUT2D eigenvalue weighted by Gasteiger charge is -2.01. The van der Waals surface area contributed by atoms with Crippen LogP contribution in [0.1, 0.15) is 17.7 Å². The summed E-state index contributed by atoms with van der Waals surface area (Å²) in [6.07, 6.45) is 0.349. The van der Waals surface area contributed by atoms with Crippen LogP contribution in [0.3, 0.4) is 0 Å². The lowest BCUT2D eigenvalue weighted by atomic mass is 10.3. The van der Waals surface area contributed by atoms with Gasteiger partial charge in [-0.25, -0.2) is 0 Å². The Hall–Kier alpha value is -1.36. The maximum atomic E-state index is 11.3. The van der Waals surface area contributed by atoms with Crippen molar-refractivity contribution in [3.8, 4) is 0 Å². The SMILES string of the molecule is COCCC(=O)Nc1n[nH]c(C)c1C. The summed E-state index contributed by atoms with van der Waals surface area (Å²) in [7, 11) is 1.57. The van der Waals surface area contributed by atoms with Crippen LogP contribution in [-0.4, -0.2) is 29.8 Å². The van der Waals surface area contributed by atoms with E-state index in [-0.39, 0.29) is 5.91 Å². The summed E-state index contributed by atoms with van der Waals surface area (Å²) >= 11 is 0. The molecule has 0 bridgehead atoms. The van der Waals surface area contributed by atoms with Gasteiger partial charge in [-0.3, -0.25) is 9.89 Å². The third-order valence-corrected chi connectivity index (χ3v) is 2.04. The number of hydrogen-bond acceptors (Lipinski definition) is 3. The molecule has 5 nitrogen and oxygen atoms in total. The van der Waals surface area contributed by atoms with Crippen LogP contribution >= 0.6 is 0 Å². The van der Waals surface area contributed by atoms with Crippen LogP contribution in [0.2, 0.25) is 0 Å². The van der Waals surface area contributed by atoms with Crippen LogP contribution in [0.4, 0.5) is 5.82 Å². The fourth-order valence-electron chi connectivity index (χ4n) is 0.996. The fraction of sp³-hybridized carbons (Fsp3) is 0.556. The Bertz CT molecular complexity index is 320. The van der Waals surface area contributed by atoms with Gasteiger partial charge in [0.1, 0.15) is 0 Å². The van der Waals surface area contributed by atoms with E-state index in [9.17, 15) is 4.79 Å². The number of nitrogens with one attached hydrogen (secondary N) is 2. The molecule has 5 heteroatoms. The minimum atomic E-state index is -0.0820. The number of carbonyl (C=O) groups excluding carboxylic acids is 1. The van der Waals surface area contributed by atoms with Gasteiger partial charge in [-0.1, -0.05) is 0 Å². The second-order valence-corrected chi connectivity index (χ2v) is 3.11. The predicted molar refractivity (Wildman–Crippen MR) is 53.2 cm³/mol. The molecule has 0 unspecified atom stereocenters. The number of carbonyl (C=O) groups is 1. The minimum absolute atomic E-state index is 0.0820. The predicted octanol–water partition coefficient (Wildman–Crippen LogP) is 1.00. The van der Waals surface area contributed by atoms with Gasteiger partial charge in [0, 0.05) is 18.4 Å². The molecule has 14 heavy (non-hydrogen) atoms. The smallest absolute Gasteiger partial charge is 0.227 e. The summed E-state index contributed by atoms with van der Waals surface area (Å²) in [6, 6.07) is 0. The topological polar surface area (TPSA) is 67.0 Å². The first kappa shape index (κ1) is 10.7. The highest BCUT2D eigenvalue weighted by Crippen LogP contribution is 2.13. The summed E-state index contributed by atoms with van der Waals surface area (Å²) in [5, 5.41) is 9.47. The molecule has 0 fully saturated rings. The maximum absolute atomic E-state index is 11.3. The number of rotatable bonds is 4. The molecular formula is C9H15N3O2. The van der Waals surface area contributed by atoms with Gasteiger partial charge in [0.15, 0.2) is 5.82 Å². The third kappa shape index (κ3) is 2.56. The van der Waals surface area contributed by atoms with Gasteiger partial charge >= 0.3 is 0 Å². The normalized spacial score (nSPS) is 10.2. The monoisotopic (exact) mass is 197 g/mol. The molecule has 0 radical (unpaired) electrons. The zero-order valence-corrected chi connectivity index (χ0v) is 8.68. The average Bonchev–Trinajstić information content (AvgIpc) is 2.46. The van der Waals surface area contributed by atoms with Gasteiger partial charge in [0.25, 0.3) is 0 Å². The molecule has 1 aromatic heterocycles. The van der Waals surface area contributed by atoms with E-state index in [4.69, 9.17) is 4.74 Å². The van der Waals surface area contributed by atoms with Crippen molar-refractivity contribution in [2.24, 2.45) is 0 Å². The number of aromatic nitrogens is 2. The molecule has 1 amide bonds. The zero-order valence-electron chi connectivity index (χ0n) is 8.68. The van der Waals surface area contributed by atoms with E-state index in [0.717, 1.165) is 11.3 Å². The molecule has 0 aliphatic carbocycles. The molecule has 0 saturated carbocycles. The summed E-state index contributed by atoms with van der Waals surface area (Å²) in [6.45, 7) is 4.24. The van der Waals surface area contributed by atoms with Crippen molar-refractivity contribution in [2.45, 2.75) is 20.3 Å². The van der Waals surface area contributed by atoms with Crippen LogP contribution in [0.5, 0.6) is 0 Å². The van der Waals surface area contributed by atoms with Crippen LogP contribution in [0.15, 0.2) is 0 Å². The number of hydrogen-bond donors (Lipinski definition) is 2. The first-order chi connectivity index (χ1) is 6.65. The lowest BCUT2D eigenvalue weighted by molar-refractivity contribution is -0.117. The quantitative estimate of drug-likeness (QED) is 0.756. The Labute approximate surface area is 82.8 Å². The molecule has 0 spiro atoms. The minimum Gasteiger partial charge on any atom is -0.384 e. The Morgan fingerprint density at radius 3 is 2.79 bits per heavy atom. The Kier molecular flexibility index (Phi) is 3.64. The second kappa shape index (κ2) is 4.76. The van der Waals surface area contributed by atoms with Gasteiger partial charge in [-0.15, -0.1) is 0 Å². The van der Waals surface area contributed by atoms with Crippen LogP contribution in [-0.2, 0) is 9.53 Å². The van der Waals surface area contributed by atoms with E-state index in [1.165, 1.54) is 0 Å². The molecule has 1 aromatic rings. The highest BCUT2D eigenvalue weighted by atomic mass is 16.5. The molecule has 1 rings (SSSR count). The Balaban J connectivity index is 2.52. The van der Waals surface area contributed by atoms with Crippen molar-refractivity contribution < 1.29 is 9.53 Å². The molecular weight excluding hydrogens is 182 g/mol. The van der Waals surface area contributed by atoms with E-state index in [1.54, 1.807) is 7.11 Å². The second-order valence-electron chi connectivity index (χ2n) is 3.11. The third-order valence-electron chi connectivity index (χ3n) is 2.04. The number of methoxy groups -OCH3 is 1. The summed E-state index contributed by atoms with van der Waals surface area (Å²) in [5.41, 5.74) is 1.93. The standard InChI is InChI=1S/C9H15N3O2/c1-6-7(2)11-12-9(6)10-8(13)4-5-14-3/h4-5H2,1-3H3,(H2,10,11,12,13). The maximum Gasteiger partial charge on any atom is 0.227 e. The Morgan fingerprint density at radius 1 is 1.57 bits per heavy atom. The number of aromatic amines is 1. The van der Waals surface area contributed by atoms with E-state index in [1.807, 2.05) is 13.8 Å². The summed E-state index contributed by atoms with van der Waals surface area (Å²) in [4.78, 5) is 11.3. The van der Waals surface area contributed by atoms with Crippen molar-refractivity contribution in [1.82, 2.24) is 10.2 Å². The van der Waals surface area contributed by atoms with Gasteiger partial charge in [0.05, 0.1) is 13.0 Å². The van der Waals surface area contributed by atoms with E-state index in [0.29, 0.717) is 18.8 Å². The van der Waals surface area contributed by atoms with Gasteiger partial charge in [0.2, 0.25) is 5.91 Å². The molecule has 0 atom stereocenters. The van der Waals surface area contributed by atoms with Crippen molar-refractivity contribution in [3.63, 3.8) is 0 Å². The number of H-pyrrole nitrogens is 1. The van der Waals surface area contributed by atoms with Gasteiger partial charge in [-0.2, -0.15) is 5.10 Å². The largest absolute Gasteiger partial charge is 0.384 e. The first-order valence-corrected chi connectivity index (χ1v) is 4.45. The van der Waals surface area contributed by atoms with Gasteiger partial charge in [-0.05, 0) is 13.8 Å². The Morgan fingerprint density at radius 2 is 2.29 bits per heavy atom. The summed E-state index contributed by atoms with van der Waals surface area (Å²) in [5.74, 6) is 0.519. The molecule has 0 aliphatic rings.